The van der Waals surface area contributed by atoms with Gasteiger partial charge in [0.05, 0.1) is 65.8 Å². The van der Waals surface area contributed by atoms with Gasteiger partial charge in [-0.15, -0.1) is 0 Å². The molecule has 0 spiro atoms. The fourth-order valence-electron chi connectivity index (χ4n) is 8.71. The van der Waals surface area contributed by atoms with Gasteiger partial charge in [-0.1, -0.05) is 45.9 Å². The SMILES string of the molecule is COCCN1CCN(/N=C/C2=C3NC(=O)/C(C)=C\C=C\[C@H](C)[C@H](OC)[C@@H](C)[C@@H](O)[C@@H](C)[C@H](OC)[C@H](C)[C@@H](OC)/C=C/O[C@@]4(C)Oc5c(C)c(O)c(c(c5C4=O)C2=O)C3=O)CC1. The average molecular weight is 851 g/mol. The number of ketones is 3. The summed E-state index contributed by atoms with van der Waals surface area (Å²) in [7, 11) is 6.31. The van der Waals surface area contributed by atoms with E-state index >= 15 is 0 Å². The maximum absolute atomic E-state index is 14.8. The molecule has 1 fully saturated rings. The summed E-state index contributed by atoms with van der Waals surface area (Å²) in [5, 5.41) is 32.2. The number of rotatable bonds is 8. The second kappa shape index (κ2) is 20.0. The predicted octanol–water partition coefficient (Wildman–Crippen LogP) is 3.99. The normalized spacial score (nSPS) is 32.7. The molecule has 9 atom stereocenters. The molecule has 5 aliphatic rings. The monoisotopic (exact) mass is 850 g/mol. The third-order valence-corrected chi connectivity index (χ3v) is 12.5. The molecule has 16 heteroatoms. The highest BCUT2D eigenvalue weighted by Gasteiger charge is 2.52. The van der Waals surface area contributed by atoms with E-state index in [-0.39, 0.29) is 57.3 Å². The third kappa shape index (κ3) is 9.54. The first-order valence-electron chi connectivity index (χ1n) is 20.7. The lowest BCUT2D eigenvalue weighted by Crippen LogP contribution is -2.46. The van der Waals surface area contributed by atoms with Crippen molar-refractivity contribution in [2.24, 2.45) is 28.8 Å². The summed E-state index contributed by atoms with van der Waals surface area (Å²) in [5.74, 6) is -7.21. The number of hydrazone groups is 1. The fraction of sp³-hybridized carbons (Fsp3) is 0.578. The molecule has 5 bridgehead atoms. The molecule has 0 unspecified atom stereocenters. The molecule has 16 nitrogen and oxygen atoms in total. The number of Topliss-reactive ketones (excluding diaryl/α,β-unsaturated/α-hetero) is 3. The number of allylic oxidation sites excluding steroid dienone is 4. The molecule has 3 N–H and O–H groups in total. The van der Waals surface area contributed by atoms with E-state index in [9.17, 15) is 29.4 Å². The lowest BCUT2D eigenvalue weighted by molar-refractivity contribution is -0.116. The van der Waals surface area contributed by atoms with Crippen molar-refractivity contribution in [2.75, 3.05) is 67.8 Å². The molecule has 0 aromatic heterocycles. The molecule has 0 radical (unpaired) electrons. The van der Waals surface area contributed by atoms with Gasteiger partial charge >= 0.3 is 5.79 Å². The zero-order chi connectivity index (χ0) is 44.9. The second-order valence-electron chi connectivity index (χ2n) is 16.4. The molecule has 1 aliphatic carbocycles. The lowest BCUT2D eigenvalue weighted by atomic mass is 9.78. The van der Waals surface area contributed by atoms with Crippen molar-refractivity contribution >= 4 is 29.5 Å². The summed E-state index contributed by atoms with van der Waals surface area (Å²) < 4.78 is 35.0. The standard InChI is InChI=1S/C45H62N4O12/c1-24-13-12-14-25(2)44(55)47-35-30(23-46-49-18-16-48(17-19-49)20-22-56-8)38(52)32-33(39(35)53)37(51)29(6)42-34(32)43(54)45(7,61-42)60-21-15-31(57-9)26(3)41(59-11)28(5)36(50)27(4)40(24)58-10/h12-15,21,23-24,26-28,31,36,40-41,50-51H,16-20,22H2,1-11H3,(H,47,55)/b13-12+,21-15+,25-14-,46-23+/t24-,26+,27-,28+,31-,36+,40-,41+,45-/m0/s1. The van der Waals surface area contributed by atoms with E-state index in [1.54, 1.807) is 51.5 Å². The Morgan fingerprint density at radius 1 is 0.885 bits per heavy atom. The number of benzene rings is 1. The van der Waals surface area contributed by atoms with Gasteiger partial charge in [-0.25, -0.2) is 0 Å². The van der Waals surface area contributed by atoms with E-state index in [0.29, 0.717) is 32.8 Å². The summed E-state index contributed by atoms with van der Waals surface area (Å²) in [6, 6.07) is 0. The van der Waals surface area contributed by atoms with E-state index < -0.39 is 70.5 Å². The number of hydrogen-bond acceptors (Lipinski definition) is 15. The Kier molecular flexibility index (Phi) is 15.5. The quantitative estimate of drug-likeness (QED) is 0.318. The molecule has 1 aromatic rings. The Hall–Kier alpha value is -4.71. The minimum absolute atomic E-state index is 0.0250. The number of aliphatic hydroxyl groups is 1. The van der Waals surface area contributed by atoms with Gasteiger partial charge in [0.2, 0.25) is 5.78 Å². The van der Waals surface area contributed by atoms with Crippen molar-refractivity contribution in [1.29, 1.82) is 0 Å². The van der Waals surface area contributed by atoms with E-state index in [0.717, 1.165) is 6.54 Å². The molecule has 61 heavy (non-hydrogen) atoms. The number of carbonyl (C=O) groups is 4. The van der Waals surface area contributed by atoms with Gasteiger partial charge in [0, 0.05) is 103 Å². The highest BCUT2D eigenvalue weighted by Crippen LogP contribution is 2.48. The number of fused-ring (bicyclic) bond motifs is 14. The Morgan fingerprint density at radius 3 is 2.16 bits per heavy atom. The molecule has 4 aliphatic heterocycles. The van der Waals surface area contributed by atoms with Gasteiger partial charge < -0.3 is 44.0 Å². The van der Waals surface area contributed by atoms with Gasteiger partial charge in [-0.2, -0.15) is 5.10 Å². The Bertz CT molecular complexity index is 2000. The molecule has 1 saturated heterocycles. The number of piperazine rings is 1. The van der Waals surface area contributed by atoms with Gasteiger partial charge in [0.15, 0.2) is 5.78 Å². The van der Waals surface area contributed by atoms with Crippen LogP contribution in [0.4, 0.5) is 0 Å². The van der Waals surface area contributed by atoms with Crippen LogP contribution in [0.15, 0.2) is 52.5 Å². The number of ether oxygens (including phenoxy) is 6. The van der Waals surface area contributed by atoms with Crippen molar-refractivity contribution in [1.82, 2.24) is 15.2 Å². The van der Waals surface area contributed by atoms with Crippen molar-refractivity contribution in [3.63, 3.8) is 0 Å². The van der Waals surface area contributed by atoms with E-state index in [2.05, 4.69) is 15.3 Å². The lowest BCUT2D eigenvalue weighted by Gasteiger charge is -2.38. The number of hydrogen-bond donors (Lipinski definition) is 3. The van der Waals surface area contributed by atoms with Crippen LogP contribution >= 0.6 is 0 Å². The van der Waals surface area contributed by atoms with Crippen LogP contribution in [0, 0.1) is 30.6 Å². The molecular formula is C45H62N4O12. The topological polar surface area (TPSA) is 195 Å². The number of aliphatic hydroxyl groups excluding tert-OH is 1. The molecule has 0 saturated carbocycles. The van der Waals surface area contributed by atoms with Crippen LogP contribution in [0.1, 0.15) is 78.2 Å². The number of phenols is 1. The summed E-state index contributed by atoms with van der Waals surface area (Å²) in [6.45, 7) is 15.7. The molecule has 334 valence electrons. The Morgan fingerprint density at radius 2 is 1.54 bits per heavy atom. The molecule has 1 aromatic carbocycles. The van der Waals surface area contributed by atoms with Gasteiger partial charge in [-0.05, 0) is 19.9 Å². The van der Waals surface area contributed by atoms with Crippen molar-refractivity contribution in [3.8, 4) is 11.5 Å². The van der Waals surface area contributed by atoms with Crippen molar-refractivity contribution in [3.05, 3.63) is 69.7 Å². The number of phenolic OH excluding ortho intramolecular Hbond substituents is 1. The van der Waals surface area contributed by atoms with Crippen molar-refractivity contribution in [2.45, 2.75) is 78.7 Å². The third-order valence-electron chi connectivity index (χ3n) is 12.5. The maximum atomic E-state index is 14.8. The summed E-state index contributed by atoms with van der Waals surface area (Å²) in [4.78, 5) is 59.8. The Balaban J connectivity index is 1.63. The number of amides is 1. The Labute approximate surface area is 358 Å². The largest absolute Gasteiger partial charge is 0.507 e. The van der Waals surface area contributed by atoms with E-state index in [1.807, 2.05) is 33.8 Å². The molecule has 1 amide bonds. The van der Waals surface area contributed by atoms with Crippen LogP contribution in [-0.4, -0.2) is 148 Å². The summed E-state index contributed by atoms with van der Waals surface area (Å²) >= 11 is 0. The minimum Gasteiger partial charge on any atom is -0.507 e. The highest BCUT2D eigenvalue weighted by atomic mass is 16.7. The highest BCUT2D eigenvalue weighted by molar-refractivity contribution is 6.37. The first-order chi connectivity index (χ1) is 29.0. The number of carbonyl (C=O) groups excluding carboxylic acids is 4. The van der Waals surface area contributed by atoms with Crippen LogP contribution in [0.2, 0.25) is 0 Å². The zero-order valence-electron chi connectivity index (χ0n) is 37.1. The van der Waals surface area contributed by atoms with Gasteiger partial charge in [0.25, 0.3) is 11.7 Å². The van der Waals surface area contributed by atoms with E-state index in [4.69, 9.17) is 28.4 Å². The number of methoxy groups -OCH3 is 4. The van der Waals surface area contributed by atoms with Gasteiger partial charge in [-0.3, -0.25) is 29.1 Å². The number of nitrogens with zero attached hydrogens (tertiary/aromatic N) is 3. The zero-order valence-corrected chi connectivity index (χ0v) is 37.1. The summed E-state index contributed by atoms with van der Waals surface area (Å²) in [5.41, 5.74) is -1.53. The van der Waals surface area contributed by atoms with E-state index in [1.165, 1.54) is 33.4 Å². The predicted molar refractivity (Wildman–Crippen MR) is 227 cm³/mol. The maximum Gasteiger partial charge on any atom is 0.312 e. The minimum atomic E-state index is -2.03. The van der Waals surface area contributed by atoms with Crippen LogP contribution in [-0.2, 0) is 28.5 Å². The van der Waals surface area contributed by atoms with Crippen LogP contribution in [0.25, 0.3) is 0 Å². The second-order valence-corrected chi connectivity index (χ2v) is 16.4. The first-order valence-corrected chi connectivity index (χ1v) is 20.7. The fourth-order valence-corrected chi connectivity index (χ4v) is 8.71. The number of nitrogens with one attached hydrogen (secondary N) is 1. The molecule has 4 heterocycles. The molecule has 6 rings (SSSR count). The van der Waals surface area contributed by atoms with Crippen LogP contribution in [0.5, 0.6) is 11.5 Å². The van der Waals surface area contributed by atoms with Gasteiger partial charge in [0.1, 0.15) is 17.2 Å². The van der Waals surface area contributed by atoms with Crippen molar-refractivity contribution < 1.29 is 57.8 Å². The number of aromatic hydroxyl groups is 1. The smallest absolute Gasteiger partial charge is 0.312 e. The van der Waals surface area contributed by atoms with Crippen LogP contribution in [0.3, 0.4) is 0 Å². The molecular weight excluding hydrogens is 789 g/mol. The first kappa shape index (κ1) is 47.3. The average Bonchev–Trinajstić information content (AvgIpc) is 3.50. The van der Waals surface area contributed by atoms with Crippen LogP contribution < -0.4 is 10.1 Å². The summed E-state index contributed by atoms with van der Waals surface area (Å²) in [6.07, 6.45) is 6.77.